The van der Waals surface area contributed by atoms with Gasteiger partial charge in [0.25, 0.3) is 5.91 Å². The van der Waals surface area contributed by atoms with Gasteiger partial charge >= 0.3 is 0 Å². The second kappa shape index (κ2) is 9.36. The van der Waals surface area contributed by atoms with E-state index in [2.05, 4.69) is 15.5 Å². The van der Waals surface area contributed by atoms with Crippen molar-refractivity contribution in [2.45, 2.75) is 26.9 Å². The van der Waals surface area contributed by atoms with Crippen LogP contribution in [0.2, 0.25) is 15.2 Å². The summed E-state index contributed by atoms with van der Waals surface area (Å²) < 4.78 is 3.26. The number of nitrogens with zero attached hydrogens (tertiary/aromatic N) is 4. The van der Waals surface area contributed by atoms with Gasteiger partial charge < -0.3 is 5.32 Å². The molecule has 4 aromatic rings. The number of aryl methyl sites for hydroxylation is 2. The molecule has 0 spiro atoms. The highest BCUT2D eigenvalue weighted by Crippen LogP contribution is 2.27. The minimum atomic E-state index is -0.360. The lowest BCUT2D eigenvalue weighted by Gasteiger charge is -2.11. The fourth-order valence-corrected chi connectivity index (χ4v) is 4.06. The first kappa shape index (κ1) is 22.4. The summed E-state index contributed by atoms with van der Waals surface area (Å²) in [5.41, 5.74) is 3.88. The molecule has 4 rings (SSSR count). The molecule has 2 heterocycles. The summed E-state index contributed by atoms with van der Waals surface area (Å²) in [5, 5.41) is 12.8. The van der Waals surface area contributed by atoms with Crippen molar-refractivity contribution < 1.29 is 4.79 Å². The topological polar surface area (TPSA) is 64.7 Å². The molecule has 0 atom stereocenters. The van der Waals surface area contributed by atoms with Gasteiger partial charge in [0.1, 0.15) is 11.0 Å². The molecule has 0 fully saturated rings. The standard InChI is InChI=1S/C23H20Cl3N5O/c1-14-6-8-16(9-7-14)12-31-22(26)20(15(2)29-31)23(32)28-19-10-11-27-30(19)13-17-4-3-5-18(24)21(17)25/h3-11H,12-13H2,1-2H3,(H,28,32). The maximum absolute atomic E-state index is 13.1. The molecule has 1 amide bonds. The summed E-state index contributed by atoms with van der Waals surface area (Å²) in [6.45, 7) is 4.61. The van der Waals surface area contributed by atoms with Gasteiger partial charge in [-0.15, -0.1) is 0 Å². The lowest BCUT2D eigenvalue weighted by Crippen LogP contribution is -2.17. The minimum absolute atomic E-state index is 0.282. The number of amides is 1. The molecule has 6 nitrogen and oxygen atoms in total. The lowest BCUT2D eigenvalue weighted by molar-refractivity contribution is 0.102. The average Bonchev–Trinajstić information content (AvgIpc) is 3.30. The molecule has 0 aliphatic heterocycles. The van der Waals surface area contributed by atoms with Gasteiger partial charge in [-0.3, -0.25) is 4.79 Å². The summed E-state index contributed by atoms with van der Waals surface area (Å²) >= 11 is 18.9. The predicted octanol–water partition coefficient (Wildman–Crippen LogP) is 6.01. The minimum Gasteiger partial charge on any atom is -0.307 e. The van der Waals surface area contributed by atoms with Crippen LogP contribution in [0.25, 0.3) is 0 Å². The number of rotatable bonds is 6. The van der Waals surface area contributed by atoms with Crippen molar-refractivity contribution in [2.75, 3.05) is 5.32 Å². The summed E-state index contributed by atoms with van der Waals surface area (Å²) in [6.07, 6.45) is 1.60. The SMILES string of the molecule is Cc1ccc(Cn2nc(C)c(C(=O)Nc3ccnn3Cc3cccc(Cl)c3Cl)c2Cl)cc1. The van der Waals surface area contributed by atoms with Gasteiger partial charge in [-0.2, -0.15) is 10.2 Å². The van der Waals surface area contributed by atoms with Crippen molar-refractivity contribution in [1.82, 2.24) is 19.6 Å². The molecule has 32 heavy (non-hydrogen) atoms. The van der Waals surface area contributed by atoms with Crippen LogP contribution in [0.3, 0.4) is 0 Å². The number of aromatic nitrogens is 4. The van der Waals surface area contributed by atoms with E-state index in [-0.39, 0.29) is 11.1 Å². The van der Waals surface area contributed by atoms with Crippen molar-refractivity contribution in [2.24, 2.45) is 0 Å². The Morgan fingerprint density at radius 3 is 2.47 bits per heavy atom. The normalized spacial score (nSPS) is 11.0. The van der Waals surface area contributed by atoms with Crippen LogP contribution in [-0.2, 0) is 13.1 Å². The van der Waals surface area contributed by atoms with Crippen LogP contribution in [-0.4, -0.2) is 25.5 Å². The fraction of sp³-hybridized carbons (Fsp3) is 0.174. The maximum Gasteiger partial charge on any atom is 0.261 e. The summed E-state index contributed by atoms with van der Waals surface area (Å²) in [5.74, 6) is 0.148. The molecule has 0 aliphatic carbocycles. The lowest BCUT2D eigenvalue weighted by atomic mass is 10.1. The summed E-state index contributed by atoms with van der Waals surface area (Å²) in [6, 6.07) is 15.2. The Balaban J connectivity index is 1.54. The highest BCUT2D eigenvalue weighted by molar-refractivity contribution is 6.42. The largest absolute Gasteiger partial charge is 0.307 e. The molecule has 0 radical (unpaired) electrons. The zero-order valence-electron chi connectivity index (χ0n) is 17.4. The third-order valence-electron chi connectivity index (χ3n) is 5.06. The van der Waals surface area contributed by atoms with Gasteiger partial charge in [-0.1, -0.05) is 76.8 Å². The van der Waals surface area contributed by atoms with Gasteiger partial charge in [-0.25, -0.2) is 9.36 Å². The second-order valence-electron chi connectivity index (χ2n) is 7.44. The second-order valence-corrected chi connectivity index (χ2v) is 8.58. The molecular formula is C23H20Cl3N5O. The van der Waals surface area contributed by atoms with E-state index in [9.17, 15) is 4.79 Å². The van der Waals surface area contributed by atoms with Gasteiger partial charge in [0, 0.05) is 6.07 Å². The predicted molar refractivity (Wildman–Crippen MR) is 128 cm³/mol. The van der Waals surface area contributed by atoms with Gasteiger partial charge in [0.15, 0.2) is 0 Å². The number of carbonyl (C=O) groups is 1. The molecule has 1 N–H and O–H groups in total. The van der Waals surface area contributed by atoms with Crippen LogP contribution < -0.4 is 5.32 Å². The zero-order chi connectivity index (χ0) is 22.8. The Kier molecular flexibility index (Phi) is 6.55. The number of anilines is 1. The van der Waals surface area contributed by atoms with Crippen molar-refractivity contribution in [3.05, 3.63) is 97.9 Å². The van der Waals surface area contributed by atoms with Crippen LogP contribution >= 0.6 is 34.8 Å². The molecule has 0 unspecified atom stereocenters. The van der Waals surface area contributed by atoms with Crippen LogP contribution in [0, 0.1) is 13.8 Å². The number of nitrogens with one attached hydrogen (secondary N) is 1. The molecule has 0 saturated carbocycles. The molecule has 0 saturated heterocycles. The van der Waals surface area contributed by atoms with Gasteiger partial charge in [0.2, 0.25) is 0 Å². The van der Waals surface area contributed by atoms with E-state index in [0.717, 1.165) is 11.1 Å². The summed E-state index contributed by atoms with van der Waals surface area (Å²) in [7, 11) is 0. The highest BCUT2D eigenvalue weighted by atomic mass is 35.5. The van der Waals surface area contributed by atoms with Crippen molar-refractivity contribution in [3.63, 3.8) is 0 Å². The molecule has 2 aromatic heterocycles. The highest BCUT2D eigenvalue weighted by Gasteiger charge is 2.22. The maximum atomic E-state index is 13.1. The Morgan fingerprint density at radius 1 is 0.969 bits per heavy atom. The third kappa shape index (κ3) is 4.67. The van der Waals surface area contributed by atoms with E-state index in [1.54, 1.807) is 34.6 Å². The quantitative estimate of drug-likeness (QED) is 0.362. The smallest absolute Gasteiger partial charge is 0.261 e. The Hall–Kier alpha value is -2.80. The third-order valence-corrected chi connectivity index (χ3v) is 6.30. The molecule has 2 aromatic carbocycles. The van der Waals surface area contributed by atoms with E-state index in [1.165, 1.54) is 5.56 Å². The van der Waals surface area contributed by atoms with E-state index in [0.29, 0.717) is 40.2 Å². The number of halogens is 3. The zero-order valence-corrected chi connectivity index (χ0v) is 19.7. The molecule has 164 valence electrons. The van der Waals surface area contributed by atoms with Crippen molar-refractivity contribution >= 4 is 46.5 Å². The van der Waals surface area contributed by atoms with Crippen LogP contribution in [0.5, 0.6) is 0 Å². The van der Waals surface area contributed by atoms with Crippen LogP contribution in [0.4, 0.5) is 5.82 Å². The molecule has 0 bridgehead atoms. The molecule has 0 aliphatic rings. The first-order valence-electron chi connectivity index (χ1n) is 9.88. The van der Waals surface area contributed by atoms with E-state index < -0.39 is 0 Å². The van der Waals surface area contributed by atoms with Gasteiger partial charge in [-0.05, 0) is 31.0 Å². The Morgan fingerprint density at radius 2 is 1.72 bits per heavy atom. The first-order valence-corrected chi connectivity index (χ1v) is 11.0. The number of carbonyl (C=O) groups excluding carboxylic acids is 1. The van der Waals surface area contributed by atoms with Crippen molar-refractivity contribution in [1.29, 1.82) is 0 Å². The molecular weight excluding hydrogens is 469 g/mol. The van der Waals surface area contributed by atoms with E-state index in [1.807, 2.05) is 43.3 Å². The number of benzene rings is 2. The average molecular weight is 489 g/mol. The van der Waals surface area contributed by atoms with Crippen LogP contribution in [0.15, 0.2) is 54.7 Å². The number of hydrogen-bond donors (Lipinski definition) is 1. The Bertz CT molecular complexity index is 1280. The monoisotopic (exact) mass is 487 g/mol. The Labute approximate surface area is 200 Å². The fourth-order valence-electron chi connectivity index (χ4n) is 3.36. The number of hydrogen-bond acceptors (Lipinski definition) is 3. The van der Waals surface area contributed by atoms with Crippen LogP contribution in [0.1, 0.15) is 32.7 Å². The van der Waals surface area contributed by atoms with E-state index in [4.69, 9.17) is 34.8 Å². The van der Waals surface area contributed by atoms with E-state index >= 15 is 0 Å². The first-order chi connectivity index (χ1) is 15.3. The van der Waals surface area contributed by atoms with Crippen molar-refractivity contribution in [3.8, 4) is 0 Å². The molecule has 9 heteroatoms. The van der Waals surface area contributed by atoms with Gasteiger partial charge in [0.05, 0.1) is 40.6 Å². The summed E-state index contributed by atoms with van der Waals surface area (Å²) in [4.78, 5) is 13.1.